The first-order chi connectivity index (χ1) is 8.61. The molecule has 98 valence electrons. The van der Waals surface area contributed by atoms with Gasteiger partial charge in [-0.2, -0.15) is 0 Å². The number of hydrogen-bond donors (Lipinski definition) is 2. The van der Waals surface area contributed by atoms with E-state index in [0.29, 0.717) is 11.8 Å². The van der Waals surface area contributed by atoms with Gasteiger partial charge in [-0.15, -0.1) is 0 Å². The Labute approximate surface area is 108 Å². The lowest BCUT2D eigenvalue weighted by molar-refractivity contribution is 0.0627. The fraction of sp³-hybridized carbons (Fsp3) is 0.500. The Bertz CT molecular complexity index is 416. The van der Waals surface area contributed by atoms with Gasteiger partial charge in [0.05, 0.1) is 0 Å². The molecule has 4 heteroatoms. The van der Waals surface area contributed by atoms with Crippen LogP contribution in [0, 0.1) is 11.8 Å². The summed E-state index contributed by atoms with van der Waals surface area (Å²) >= 11 is 0. The molecule has 1 heterocycles. The quantitative estimate of drug-likeness (QED) is 0.621. The molecule has 18 heavy (non-hydrogen) atoms. The van der Waals surface area contributed by atoms with Gasteiger partial charge in [0, 0.05) is 24.3 Å². The molecule has 1 amide bonds. The monoisotopic (exact) mass is 247 g/mol. The maximum absolute atomic E-state index is 12.3. The lowest BCUT2D eigenvalue weighted by Gasteiger charge is -2.35. The molecule has 1 aliphatic heterocycles. The Morgan fingerprint density at radius 2 is 1.94 bits per heavy atom. The van der Waals surface area contributed by atoms with Crippen LogP contribution in [0.1, 0.15) is 30.6 Å². The Kier molecular flexibility index (Phi) is 3.87. The fourth-order valence-corrected chi connectivity index (χ4v) is 2.34. The molecule has 2 unspecified atom stereocenters. The van der Waals surface area contributed by atoms with Crippen molar-refractivity contribution in [3.63, 3.8) is 0 Å². The summed E-state index contributed by atoms with van der Waals surface area (Å²) in [6.07, 6.45) is 1.09. The predicted molar refractivity (Wildman–Crippen MR) is 73.1 cm³/mol. The van der Waals surface area contributed by atoms with Crippen LogP contribution in [-0.2, 0) is 0 Å². The lowest BCUT2D eigenvalue weighted by atomic mass is 9.88. The highest BCUT2D eigenvalue weighted by atomic mass is 16.2. The summed E-state index contributed by atoms with van der Waals surface area (Å²) in [6.45, 7) is 6.19. The summed E-state index contributed by atoms with van der Waals surface area (Å²) in [5, 5.41) is 0. The number of benzene rings is 1. The molecule has 3 N–H and O–H groups in total. The van der Waals surface area contributed by atoms with E-state index in [1.54, 1.807) is 0 Å². The topological polar surface area (TPSA) is 58.4 Å². The third-order valence-electron chi connectivity index (χ3n) is 3.92. The molecule has 0 radical (unpaired) electrons. The number of hydrogen-bond acceptors (Lipinski definition) is 3. The molecule has 2 rings (SSSR count). The molecule has 0 aromatic heterocycles. The van der Waals surface area contributed by atoms with E-state index >= 15 is 0 Å². The minimum Gasteiger partial charge on any atom is -0.338 e. The van der Waals surface area contributed by atoms with E-state index in [1.165, 1.54) is 0 Å². The van der Waals surface area contributed by atoms with Crippen LogP contribution in [0.2, 0.25) is 0 Å². The highest BCUT2D eigenvalue weighted by Crippen LogP contribution is 2.23. The van der Waals surface area contributed by atoms with Crippen LogP contribution in [0.3, 0.4) is 0 Å². The van der Waals surface area contributed by atoms with Crippen LogP contribution in [0.4, 0.5) is 5.69 Å². The summed E-state index contributed by atoms with van der Waals surface area (Å²) in [4.78, 5) is 14.3. The van der Waals surface area contributed by atoms with Crippen LogP contribution in [-0.4, -0.2) is 23.9 Å². The molecule has 1 aromatic rings. The molecular formula is C14H21N3O. The first-order valence-electron chi connectivity index (χ1n) is 6.47. The molecule has 0 saturated carbocycles. The van der Waals surface area contributed by atoms with Gasteiger partial charge in [0.1, 0.15) is 0 Å². The zero-order valence-electron chi connectivity index (χ0n) is 11.0. The Morgan fingerprint density at radius 3 is 2.50 bits per heavy atom. The van der Waals surface area contributed by atoms with Gasteiger partial charge in [0.15, 0.2) is 0 Å². The fourth-order valence-electron chi connectivity index (χ4n) is 2.34. The molecule has 0 spiro atoms. The van der Waals surface area contributed by atoms with Crippen LogP contribution in [0.25, 0.3) is 0 Å². The van der Waals surface area contributed by atoms with Crippen molar-refractivity contribution in [1.82, 2.24) is 4.90 Å². The first-order valence-corrected chi connectivity index (χ1v) is 6.47. The largest absolute Gasteiger partial charge is 0.338 e. The Morgan fingerprint density at radius 1 is 1.28 bits per heavy atom. The van der Waals surface area contributed by atoms with E-state index in [1.807, 2.05) is 29.2 Å². The first kappa shape index (κ1) is 12.9. The molecule has 1 saturated heterocycles. The van der Waals surface area contributed by atoms with Gasteiger partial charge in [-0.3, -0.25) is 10.6 Å². The van der Waals surface area contributed by atoms with E-state index in [0.717, 1.165) is 30.8 Å². The number of nitrogens with two attached hydrogens (primary N) is 1. The van der Waals surface area contributed by atoms with Gasteiger partial charge >= 0.3 is 0 Å². The van der Waals surface area contributed by atoms with Gasteiger partial charge in [0.2, 0.25) is 0 Å². The molecule has 2 atom stereocenters. The molecule has 4 nitrogen and oxygen atoms in total. The second-order valence-electron chi connectivity index (χ2n) is 5.22. The molecule has 0 aliphatic carbocycles. The van der Waals surface area contributed by atoms with E-state index < -0.39 is 0 Å². The van der Waals surface area contributed by atoms with Gasteiger partial charge in [-0.05, 0) is 42.5 Å². The van der Waals surface area contributed by atoms with Crippen LogP contribution in [0.5, 0.6) is 0 Å². The van der Waals surface area contributed by atoms with Gasteiger partial charge in [-0.1, -0.05) is 13.8 Å². The maximum atomic E-state index is 12.3. The summed E-state index contributed by atoms with van der Waals surface area (Å²) in [5.41, 5.74) is 4.10. The number of amides is 1. The molecule has 1 fully saturated rings. The second kappa shape index (κ2) is 5.40. The van der Waals surface area contributed by atoms with Crippen molar-refractivity contribution in [3.8, 4) is 0 Å². The zero-order chi connectivity index (χ0) is 13.1. The summed E-state index contributed by atoms with van der Waals surface area (Å²) < 4.78 is 0. The zero-order valence-corrected chi connectivity index (χ0v) is 11.0. The number of nitrogens with zero attached hydrogens (tertiary/aromatic N) is 1. The number of likely N-dealkylation sites (tertiary alicyclic amines) is 1. The average molecular weight is 247 g/mol. The number of carbonyl (C=O) groups excluding carboxylic acids is 1. The van der Waals surface area contributed by atoms with Gasteiger partial charge in [-0.25, -0.2) is 0 Å². The van der Waals surface area contributed by atoms with E-state index in [4.69, 9.17) is 5.84 Å². The summed E-state index contributed by atoms with van der Waals surface area (Å²) in [7, 11) is 0. The average Bonchev–Trinajstić information content (AvgIpc) is 2.41. The van der Waals surface area contributed by atoms with Gasteiger partial charge in [0.25, 0.3) is 5.91 Å². The number of carbonyl (C=O) groups is 1. The van der Waals surface area contributed by atoms with Crippen molar-refractivity contribution in [1.29, 1.82) is 0 Å². The van der Waals surface area contributed by atoms with Crippen molar-refractivity contribution in [2.75, 3.05) is 18.5 Å². The van der Waals surface area contributed by atoms with Crippen molar-refractivity contribution in [2.24, 2.45) is 17.7 Å². The molecule has 0 bridgehead atoms. The smallest absolute Gasteiger partial charge is 0.253 e. The second-order valence-corrected chi connectivity index (χ2v) is 5.22. The third kappa shape index (κ3) is 2.64. The number of anilines is 1. The molecular weight excluding hydrogens is 226 g/mol. The number of hydrazine groups is 1. The number of nitrogen functional groups attached to an aromatic ring is 1. The minimum atomic E-state index is 0.123. The maximum Gasteiger partial charge on any atom is 0.253 e. The van der Waals surface area contributed by atoms with Crippen LogP contribution < -0.4 is 11.3 Å². The minimum absolute atomic E-state index is 0.123. The highest BCUT2D eigenvalue weighted by Gasteiger charge is 2.26. The van der Waals surface area contributed by atoms with Crippen molar-refractivity contribution in [2.45, 2.75) is 20.3 Å². The van der Waals surface area contributed by atoms with E-state index in [-0.39, 0.29) is 5.91 Å². The molecule has 1 aliphatic rings. The molecule has 1 aromatic carbocycles. The standard InChI is InChI=1S/C14H21N3O/c1-10-7-8-17(9-11(10)2)14(18)12-3-5-13(16-15)6-4-12/h3-6,10-11,16H,7-9,15H2,1-2H3. The highest BCUT2D eigenvalue weighted by molar-refractivity contribution is 5.94. The number of rotatable bonds is 2. The van der Waals surface area contributed by atoms with Crippen molar-refractivity contribution in [3.05, 3.63) is 29.8 Å². The van der Waals surface area contributed by atoms with Crippen LogP contribution in [0.15, 0.2) is 24.3 Å². The number of piperidine rings is 1. The normalized spacial score (nSPS) is 23.8. The Balaban J connectivity index is 2.06. The summed E-state index contributed by atoms with van der Waals surface area (Å²) in [6, 6.07) is 7.28. The summed E-state index contributed by atoms with van der Waals surface area (Å²) in [5.74, 6) is 6.71. The number of nitrogens with one attached hydrogen (secondary N) is 1. The SMILES string of the molecule is CC1CCN(C(=O)c2ccc(NN)cc2)CC1C. The van der Waals surface area contributed by atoms with Gasteiger partial charge < -0.3 is 10.3 Å². The lowest BCUT2D eigenvalue weighted by Crippen LogP contribution is -2.42. The van der Waals surface area contributed by atoms with Crippen molar-refractivity contribution < 1.29 is 4.79 Å². The van der Waals surface area contributed by atoms with E-state index in [2.05, 4.69) is 19.3 Å². The Hall–Kier alpha value is -1.55. The third-order valence-corrected chi connectivity index (χ3v) is 3.92. The van der Waals surface area contributed by atoms with Crippen LogP contribution >= 0.6 is 0 Å². The predicted octanol–water partition coefficient (Wildman–Crippen LogP) is 2.09. The van der Waals surface area contributed by atoms with Crippen molar-refractivity contribution >= 4 is 11.6 Å². The van der Waals surface area contributed by atoms with E-state index in [9.17, 15) is 4.79 Å².